The third-order valence-corrected chi connectivity index (χ3v) is 2.81. The number of hydrogen-bond acceptors (Lipinski definition) is 3. The first-order valence-corrected chi connectivity index (χ1v) is 6.42. The van der Waals surface area contributed by atoms with Crippen molar-refractivity contribution in [3.63, 3.8) is 0 Å². The first-order chi connectivity index (χ1) is 8.54. The minimum atomic E-state index is -0.226. The number of rotatable bonds is 6. The van der Waals surface area contributed by atoms with Crippen LogP contribution in [-0.4, -0.2) is 30.1 Å². The zero-order chi connectivity index (χ0) is 13.5. The number of hydrogen-bond donors (Lipinski definition) is 1. The van der Waals surface area contributed by atoms with Gasteiger partial charge in [0, 0.05) is 17.8 Å². The van der Waals surface area contributed by atoms with E-state index < -0.39 is 0 Å². The molecule has 5 heteroatoms. The predicted octanol–water partition coefficient (Wildman–Crippen LogP) is 2.53. The fraction of sp³-hybridized carbons (Fsp3) is 0.538. The summed E-state index contributed by atoms with van der Waals surface area (Å²) in [7, 11) is 0. The minimum Gasteiger partial charge on any atom is -0.380 e. The van der Waals surface area contributed by atoms with Gasteiger partial charge in [0.15, 0.2) is 0 Å². The largest absolute Gasteiger partial charge is 0.380 e. The van der Waals surface area contributed by atoms with E-state index in [0.717, 1.165) is 0 Å². The molecule has 0 radical (unpaired) electrons. The molecule has 1 atom stereocenters. The molecule has 0 spiro atoms. The van der Waals surface area contributed by atoms with E-state index in [9.17, 15) is 4.79 Å². The summed E-state index contributed by atoms with van der Waals surface area (Å²) in [5.41, 5.74) is 0.324. The molecule has 0 bridgehead atoms. The van der Waals surface area contributed by atoms with Crippen molar-refractivity contribution in [1.82, 2.24) is 10.3 Å². The molecule has 1 heterocycles. The van der Waals surface area contributed by atoms with Gasteiger partial charge in [0.2, 0.25) is 0 Å². The van der Waals surface area contributed by atoms with Gasteiger partial charge in [0.05, 0.1) is 12.6 Å². The standard InChI is InChI=1S/C13H19ClN2O2/c1-4-18-8-12(9(2)3)16-13(17)11-7-10(14)5-6-15-11/h5-7,9,12H,4,8H2,1-3H3,(H,16,17). The van der Waals surface area contributed by atoms with Crippen molar-refractivity contribution >= 4 is 17.5 Å². The zero-order valence-corrected chi connectivity index (χ0v) is 11.7. The molecule has 18 heavy (non-hydrogen) atoms. The second-order valence-corrected chi connectivity index (χ2v) is 4.78. The van der Waals surface area contributed by atoms with Crippen LogP contribution in [-0.2, 0) is 4.74 Å². The summed E-state index contributed by atoms with van der Waals surface area (Å²) >= 11 is 5.83. The average Bonchev–Trinajstić information content (AvgIpc) is 2.33. The van der Waals surface area contributed by atoms with Crippen LogP contribution >= 0.6 is 11.6 Å². The van der Waals surface area contributed by atoms with Crippen molar-refractivity contribution < 1.29 is 9.53 Å². The molecule has 100 valence electrons. The van der Waals surface area contributed by atoms with Gasteiger partial charge in [-0.1, -0.05) is 25.4 Å². The van der Waals surface area contributed by atoms with Crippen LogP contribution in [0.4, 0.5) is 0 Å². The summed E-state index contributed by atoms with van der Waals surface area (Å²) in [5, 5.41) is 3.41. The van der Waals surface area contributed by atoms with E-state index >= 15 is 0 Å². The number of nitrogens with one attached hydrogen (secondary N) is 1. The van der Waals surface area contributed by atoms with Gasteiger partial charge in [0.1, 0.15) is 5.69 Å². The molecule has 1 unspecified atom stereocenters. The Morgan fingerprint density at radius 1 is 1.56 bits per heavy atom. The van der Waals surface area contributed by atoms with Gasteiger partial charge in [-0.25, -0.2) is 0 Å². The maximum Gasteiger partial charge on any atom is 0.270 e. The molecule has 0 aliphatic carbocycles. The first kappa shape index (κ1) is 14.9. The molecule has 1 aromatic heterocycles. The van der Waals surface area contributed by atoms with Gasteiger partial charge in [-0.15, -0.1) is 0 Å². The number of carbonyl (C=O) groups excluding carboxylic acids is 1. The van der Waals surface area contributed by atoms with Crippen LogP contribution in [0.1, 0.15) is 31.3 Å². The van der Waals surface area contributed by atoms with E-state index in [1.165, 1.54) is 6.20 Å². The van der Waals surface area contributed by atoms with Crippen molar-refractivity contribution in [2.45, 2.75) is 26.8 Å². The molecule has 0 fully saturated rings. The summed E-state index contributed by atoms with van der Waals surface area (Å²) in [6, 6.07) is 3.16. The maximum absolute atomic E-state index is 12.0. The number of halogens is 1. The topological polar surface area (TPSA) is 51.2 Å². The smallest absolute Gasteiger partial charge is 0.270 e. The van der Waals surface area contributed by atoms with E-state index in [1.54, 1.807) is 12.1 Å². The molecule has 0 saturated carbocycles. The number of ether oxygens (including phenoxy) is 1. The average molecular weight is 271 g/mol. The van der Waals surface area contributed by atoms with Crippen LogP contribution in [0, 0.1) is 5.92 Å². The highest BCUT2D eigenvalue weighted by Gasteiger charge is 2.18. The summed E-state index contributed by atoms with van der Waals surface area (Å²) < 4.78 is 5.36. The van der Waals surface area contributed by atoms with Crippen LogP contribution in [0.3, 0.4) is 0 Å². The predicted molar refractivity (Wildman–Crippen MR) is 71.8 cm³/mol. The van der Waals surface area contributed by atoms with Crippen LogP contribution in [0.5, 0.6) is 0 Å². The van der Waals surface area contributed by atoms with E-state index in [2.05, 4.69) is 10.3 Å². The first-order valence-electron chi connectivity index (χ1n) is 6.04. The SMILES string of the molecule is CCOCC(NC(=O)c1cc(Cl)ccn1)C(C)C. The van der Waals surface area contributed by atoms with Gasteiger partial charge in [-0.3, -0.25) is 9.78 Å². The van der Waals surface area contributed by atoms with Gasteiger partial charge >= 0.3 is 0 Å². The fourth-order valence-corrected chi connectivity index (χ4v) is 1.58. The van der Waals surface area contributed by atoms with Crippen LogP contribution < -0.4 is 5.32 Å². The van der Waals surface area contributed by atoms with Crippen molar-refractivity contribution in [3.8, 4) is 0 Å². The Morgan fingerprint density at radius 2 is 2.28 bits per heavy atom. The minimum absolute atomic E-state index is 0.0294. The van der Waals surface area contributed by atoms with Crippen LogP contribution in [0.15, 0.2) is 18.3 Å². The second-order valence-electron chi connectivity index (χ2n) is 4.34. The highest BCUT2D eigenvalue weighted by molar-refractivity contribution is 6.30. The molecule has 1 amide bonds. The number of nitrogens with zero attached hydrogens (tertiary/aromatic N) is 1. The molecule has 4 nitrogen and oxygen atoms in total. The van der Waals surface area contributed by atoms with Gasteiger partial charge in [-0.2, -0.15) is 0 Å². The lowest BCUT2D eigenvalue weighted by molar-refractivity contribution is 0.0802. The van der Waals surface area contributed by atoms with Gasteiger partial charge < -0.3 is 10.1 Å². The quantitative estimate of drug-likeness (QED) is 0.864. The molecule has 1 N–H and O–H groups in total. The zero-order valence-electron chi connectivity index (χ0n) is 10.9. The molecular formula is C13H19ClN2O2. The summed E-state index contributed by atoms with van der Waals surface area (Å²) in [6.45, 7) is 7.14. The Kier molecular flexibility index (Phi) is 6.09. The summed E-state index contributed by atoms with van der Waals surface area (Å²) in [4.78, 5) is 16.0. The van der Waals surface area contributed by atoms with E-state index in [4.69, 9.17) is 16.3 Å². The molecular weight excluding hydrogens is 252 g/mol. The second kappa shape index (κ2) is 7.34. The lowest BCUT2D eigenvalue weighted by Crippen LogP contribution is -2.42. The normalized spacial score (nSPS) is 12.5. The monoisotopic (exact) mass is 270 g/mol. The highest BCUT2D eigenvalue weighted by atomic mass is 35.5. The Balaban J connectivity index is 2.66. The van der Waals surface area contributed by atoms with E-state index in [-0.39, 0.29) is 11.9 Å². The molecule has 0 aliphatic rings. The van der Waals surface area contributed by atoms with Crippen LogP contribution in [0.2, 0.25) is 5.02 Å². The molecule has 0 aromatic carbocycles. The molecule has 0 saturated heterocycles. The third kappa shape index (κ3) is 4.63. The summed E-state index contributed by atoms with van der Waals surface area (Å²) in [6.07, 6.45) is 1.52. The lowest BCUT2D eigenvalue weighted by atomic mass is 10.1. The molecule has 1 aromatic rings. The van der Waals surface area contributed by atoms with Crippen molar-refractivity contribution in [2.75, 3.05) is 13.2 Å². The molecule has 0 aliphatic heterocycles. The van der Waals surface area contributed by atoms with E-state index in [1.807, 2.05) is 20.8 Å². The van der Waals surface area contributed by atoms with Crippen molar-refractivity contribution in [3.05, 3.63) is 29.0 Å². The Morgan fingerprint density at radius 3 is 2.83 bits per heavy atom. The van der Waals surface area contributed by atoms with Crippen molar-refractivity contribution in [2.24, 2.45) is 5.92 Å². The number of aromatic nitrogens is 1. The number of pyridine rings is 1. The summed E-state index contributed by atoms with van der Waals surface area (Å²) in [5.74, 6) is 0.0654. The van der Waals surface area contributed by atoms with Crippen LogP contribution in [0.25, 0.3) is 0 Å². The number of carbonyl (C=O) groups is 1. The fourth-order valence-electron chi connectivity index (χ4n) is 1.42. The van der Waals surface area contributed by atoms with Gasteiger partial charge in [-0.05, 0) is 25.0 Å². The third-order valence-electron chi connectivity index (χ3n) is 2.58. The Labute approximate surface area is 113 Å². The molecule has 1 rings (SSSR count). The van der Waals surface area contributed by atoms with Crippen molar-refractivity contribution in [1.29, 1.82) is 0 Å². The maximum atomic E-state index is 12.0. The lowest BCUT2D eigenvalue weighted by Gasteiger charge is -2.21. The number of amides is 1. The Hall–Kier alpha value is -1.13. The Bertz CT molecular complexity index is 396. The highest BCUT2D eigenvalue weighted by Crippen LogP contribution is 2.09. The van der Waals surface area contributed by atoms with E-state index in [0.29, 0.717) is 29.8 Å². The van der Waals surface area contributed by atoms with Gasteiger partial charge in [0.25, 0.3) is 5.91 Å².